The number of carbonyl (C=O) groups is 1. The summed E-state index contributed by atoms with van der Waals surface area (Å²) in [5.41, 5.74) is 2.12. The summed E-state index contributed by atoms with van der Waals surface area (Å²) in [6.07, 6.45) is 0.601. The molecule has 1 saturated heterocycles. The third-order valence-corrected chi connectivity index (χ3v) is 4.99. The van der Waals surface area contributed by atoms with Gasteiger partial charge in [-0.2, -0.15) is 0 Å². The summed E-state index contributed by atoms with van der Waals surface area (Å²) in [4.78, 5) is 14.3. The van der Waals surface area contributed by atoms with E-state index in [9.17, 15) is 4.79 Å². The van der Waals surface area contributed by atoms with Gasteiger partial charge in [-0.25, -0.2) is 0 Å². The molecule has 4 heteroatoms. The molecule has 1 aliphatic heterocycles. The zero-order chi connectivity index (χ0) is 13.9. The van der Waals surface area contributed by atoms with Crippen LogP contribution in [0.3, 0.4) is 0 Å². The highest BCUT2D eigenvalue weighted by Gasteiger charge is 2.30. The van der Waals surface area contributed by atoms with Crippen LogP contribution in [0.4, 0.5) is 5.69 Å². The van der Waals surface area contributed by atoms with Gasteiger partial charge in [0.25, 0.3) is 0 Å². The van der Waals surface area contributed by atoms with Gasteiger partial charge in [-0.1, -0.05) is 46.3 Å². The molecule has 1 amide bonds. The summed E-state index contributed by atoms with van der Waals surface area (Å²) in [7, 11) is 0. The predicted molar refractivity (Wildman–Crippen MR) is 87.9 cm³/mol. The predicted octanol–water partition coefficient (Wildman–Crippen LogP) is 4.62. The number of anilines is 1. The van der Waals surface area contributed by atoms with E-state index in [-0.39, 0.29) is 11.3 Å². The molecule has 1 aliphatic rings. The molecule has 0 saturated carbocycles. The molecule has 3 rings (SSSR count). The van der Waals surface area contributed by atoms with E-state index >= 15 is 0 Å². The molecule has 0 bridgehead atoms. The number of rotatable bonds is 2. The summed E-state index contributed by atoms with van der Waals surface area (Å²) in [6, 6.07) is 18.1. The van der Waals surface area contributed by atoms with E-state index in [1.165, 1.54) is 0 Å². The molecule has 0 aromatic heterocycles. The van der Waals surface area contributed by atoms with E-state index in [1.54, 1.807) is 0 Å². The number of hydrogen-bond donors (Lipinski definition) is 0. The molecule has 1 unspecified atom stereocenters. The van der Waals surface area contributed by atoms with Crippen LogP contribution in [0.25, 0.3) is 0 Å². The van der Waals surface area contributed by atoms with Gasteiger partial charge >= 0.3 is 0 Å². The van der Waals surface area contributed by atoms with Gasteiger partial charge in [0.1, 0.15) is 5.37 Å². The Kier molecular flexibility index (Phi) is 4.13. The van der Waals surface area contributed by atoms with Gasteiger partial charge < -0.3 is 0 Å². The molecule has 1 atom stereocenters. The topological polar surface area (TPSA) is 20.3 Å². The first kappa shape index (κ1) is 13.7. The first-order valence-corrected chi connectivity index (χ1v) is 8.34. The lowest BCUT2D eigenvalue weighted by atomic mass is 10.1. The van der Waals surface area contributed by atoms with Crippen molar-refractivity contribution in [2.45, 2.75) is 11.8 Å². The molecular weight excluding hydrogens is 334 g/mol. The second kappa shape index (κ2) is 6.02. The summed E-state index contributed by atoms with van der Waals surface area (Å²) in [5.74, 6) is 1.07. The highest BCUT2D eigenvalue weighted by atomic mass is 79.9. The van der Waals surface area contributed by atoms with Crippen LogP contribution >= 0.6 is 27.7 Å². The summed E-state index contributed by atoms with van der Waals surface area (Å²) in [5, 5.41) is 0.0520. The fraction of sp³-hybridized carbons (Fsp3) is 0.188. The Bertz CT molecular complexity index is 617. The maximum Gasteiger partial charge on any atom is 0.229 e. The van der Waals surface area contributed by atoms with E-state index in [0.29, 0.717) is 6.42 Å². The van der Waals surface area contributed by atoms with Crippen molar-refractivity contribution in [1.82, 2.24) is 0 Å². The van der Waals surface area contributed by atoms with Crippen molar-refractivity contribution in [2.24, 2.45) is 0 Å². The lowest BCUT2D eigenvalue weighted by Gasteiger charge is -2.35. The molecule has 1 heterocycles. The average Bonchev–Trinajstić information content (AvgIpc) is 2.48. The molecule has 2 aromatic carbocycles. The zero-order valence-electron chi connectivity index (χ0n) is 10.8. The lowest BCUT2D eigenvalue weighted by molar-refractivity contribution is -0.118. The van der Waals surface area contributed by atoms with Crippen molar-refractivity contribution in [1.29, 1.82) is 0 Å². The molecular formula is C16H14BrNOS. The van der Waals surface area contributed by atoms with Crippen LogP contribution in [-0.4, -0.2) is 11.7 Å². The van der Waals surface area contributed by atoms with E-state index in [0.717, 1.165) is 21.5 Å². The quantitative estimate of drug-likeness (QED) is 0.789. The van der Waals surface area contributed by atoms with Crippen LogP contribution in [0.15, 0.2) is 59.1 Å². The number of nitrogens with zero attached hydrogens (tertiary/aromatic N) is 1. The highest BCUT2D eigenvalue weighted by Crippen LogP contribution is 2.40. The van der Waals surface area contributed by atoms with E-state index in [2.05, 4.69) is 28.1 Å². The second-order valence-corrected chi connectivity index (χ2v) is 6.73. The molecule has 102 valence electrons. The van der Waals surface area contributed by atoms with Gasteiger partial charge in [-0.05, 0) is 29.8 Å². The van der Waals surface area contributed by atoms with Crippen molar-refractivity contribution in [3.05, 3.63) is 64.6 Å². The monoisotopic (exact) mass is 347 g/mol. The molecule has 0 N–H and O–H groups in total. The Labute approximate surface area is 131 Å². The molecule has 1 fully saturated rings. The Morgan fingerprint density at radius 1 is 1.10 bits per heavy atom. The van der Waals surface area contributed by atoms with E-state index < -0.39 is 0 Å². The third-order valence-electron chi connectivity index (χ3n) is 3.26. The fourth-order valence-corrected chi connectivity index (χ4v) is 4.02. The Hall–Kier alpha value is -1.26. The molecule has 20 heavy (non-hydrogen) atoms. The number of halogens is 1. The summed E-state index contributed by atoms with van der Waals surface area (Å²) >= 11 is 5.32. The maximum atomic E-state index is 12.4. The van der Waals surface area contributed by atoms with E-state index in [1.807, 2.05) is 59.1 Å². The van der Waals surface area contributed by atoms with Gasteiger partial charge in [0.2, 0.25) is 5.91 Å². The SMILES string of the molecule is O=C1CCSC(c2cccc(Br)c2)N1c1ccccc1. The van der Waals surface area contributed by atoms with Gasteiger partial charge in [0.05, 0.1) is 0 Å². The van der Waals surface area contributed by atoms with Crippen LogP contribution in [0.5, 0.6) is 0 Å². The normalized spacial score (nSPS) is 19.1. The van der Waals surface area contributed by atoms with Gasteiger partial charge in [0, 0.05) is 22.3 Å². The second-order valence-electron chi connectivity index (χ2n) is 4.63. The number of hydrogen-bond acceptors (Lipinski definition) is 2. The maximum absolute atomic E-state index is 12.4. The van der Waals surface area contributed by atoms with Crippen LogP contribution in [0.1, 0.15) is 17.4 Å². The zero-order valence-corrected chi connectivity index (χ0v) is 13.2. The average molecular weight is 348 g/mol. The Morgan fingerprint density at radius 3 is 2.65 bits per heavy atom. The number of para-hydroxylation sites is 1. The molecule has 2 nitrogen and oxygen atoms in total. The summed E-state index contributed by atoms with van der Waals surface area (Å²) < 4.78 is 1.04. The fourth-order valence-electron chi connectivity index (χ4n) is 2.36. The Morgan fingerprint density at radius 2 is 1.90 bits per heavy atom. The standard InChI is InChI=1S/C16H14BrNOS/c17-13-6-4-5-12(11-13)16-18(15(19)9-10-20-16)14-7-2-1-3-8-14/h1-8,11,16H,9-10H2. The van der Waals surface area contributed by atoms with Gasteiger partial charge in [-0.3, -0.25) is 9.69 Å². The number of thioether (sulfide) groups is 1. The molecule has 2 aromatic rings. The number of carbonyl (C=O) groups excluding carboxylic acids is 1. The van der Waals surface area contributed by atoms with Crippen molar-refractivity contribution >= 4 is 39.3 Å². The minimum Gasteiger partial charge on any atom is -0.296 e. The summed E-state index contributed by atoms with van der Waals surface area (Å²) in [6.45, 7) is 0. The van der Waals surface area contributed by atoms with Crippen molar-refractivity contribution in [3.8, 4) is 0 Å². The minimum absolute atomic E-state index is 0.0520. The van der Waals surface area contributed by atoms with Gasteiger partial charge in [0.15, 0.2) is 0 Å². The highest BCUT2D eigenvalue weighted by molar-refractivity contribution is 9.10. The van der Waals surface area contributed by atoms with Crippen LogP contribution in [0, 0.1) is 0 Å². The minimum atomic E-state index is 0.0520. The first-order chi connectivity index (χ1) is 9.75. The van der Waals surface area contributed by atoms with Crippen molar-refractivity contribution in [3.63, 3.8) is 0 Å². The number of amides is 1. The van der Waals surface area contributed by atoms with Gasteiger partial charge in [-0.15, -0.1) is 11.8 Å². The van der Waals surface area contributed by atoms with Crippen molar-refractivity contribution < 1.29 is 4.79 Å². The molecule has 0 radical (unpaired) electrons. The lowest BCUT2D eigenvalue weighted by Crippen LogP contribution is -2.37. The Balaban J connectivity index is 2.01. The van der Waals surface area contributed by atoms with Crippen LogP contribution in [0.2, 0.25) is 0 Å². The largest absolute Gasteiger partial charge is 0.296 e. The first-order valence-electron chi connectivity index (χ1n) is 6.50. The van der Waals surface area contributed by atoms with E-state index in [4.69, 9.17) is 0 Å². The third kappa shape index (κ3) is 2.76. The smallest absolute Gasteiger partial charge is 0.229 e. The molecule has 0 spiro atoms. The van der Waals surface area contributed by atoms with Crippen LogP contribution in [-0.2, 0) is 4.79 Å². The van der Waals surface area contributed by atoms with Crippen molar-refractivity contribution in [2.75, 3.05) is 10.7 Å². The number of benzene rings is 2. The van der Waals surface area contributed by atoms with Crippen LogP contribution < -0.4 is 4.90 Å². The molecule has 0 aliphatic carbocycles.